The number of carboxylic acid groups (broad SMARTS) is 2. The number of alkyl halides is 1. The molecule has 746 valence electrons. The Morgan fingerprint density at radius 2 is 0.607 bits per heavy atom. The number of hydrogen-bond donors (Lipinski definition) is 3. The third-order valence-electron chi connectivity index (χ3n) is 25.9. The van der Waals surface area contributed by atoms with E-state index in [0.29, 0.717) is 62.4 Å². The average Bonchev–Trinajstić information content (AvgIpc) is 1.55. The van der Waals surface area contributed by atoms with Gasteiger partial charge in [0.25, 0.3) is 0 Å². The van der Waals surface area contributed by atoms with Crippen LogP contribution in [0.25, 0.3) is 70.9 Å². The predicted molar refractivity (Wildman–Crippen MR) is 570 cm³/mol. The Kier molecular flexibility index (Phi) is 37.9. The average molecular weight is 2170 g/mol. The fraction of sp³-hybridized carbons (Fsp3) is 0.255. The first-order chi connectivity index (χ1) is 68.2. The van der Waals surface area contributed by atoms with Crippen LogP contribution in [0.5, 0.6) is 28.7 Å². The van der Waals surface area contributed by atoms with Gasteiger partial charge in [0, 0.05) is 78.4 Å². The third-order valence-corrected chi connectivity index (χ3v) is 27.9. The molecule has 4 N–H and O–H groups in total. The van der Waals surface area contributed by atoms with Gasteiger partial charge in [-0.05, 0) is 241 Å². The van der Waals surface area contributed by atoms with Gasteiger partial charge in [-0.25, -0.2) is 38.0 Å². The summed E-state index contributed by atoms with van der Waals surface area (Å²) in [5.74, 6) is -1.63. The Morgan fingerprint density at radius 1 is 0.338 bits per heavy atom. The van der Waals surface area contributed by atoms with E-state index >= 15 is 0 Å². The number of aromatic carboxylic acids is 2. The number of rotatable bonds is 19. The van der Waals surface area contributed by atoms with Gasteiger partial charge in [-0.1, -0.05) is 206 Å². The summed E-state index contributed by atoms with van der Waals surface area (Å²) < 4.78 is 79.6. The van der Waals surface area contributed by atoms with E-state index in [4.69, 9.17) is 66.2 Å². The van der Waals surface area contributed by atoms with Crippen molar-refractivity contribution in [1.82, 2.24) is 29.3 Å². The van der Waals surface area contributed by atoms with Crippen LogP contribution >= 0.6 is 47.8 Å². The molecule has 3 aromatic heterocycles. The van der Waals surface area contributed by atoms with Gasteiger partial charge < -0.3 is 81.9 Å². The number of hydrogen-bond acceptors (Lipinski definition) is 23. The summed E-state index contributed by atoms with van der Waals surface area (Å²) in [5.41, 5.74) is 8.29. The summed E-state index contributed by atoms with van der Waals surface area (Å²) in [6.07, 6.45) is 12.3. The first-order valence-corrected chi connectivity index (χ1v) is 48.4. The van der Waals surface area contributed by atoms with Gasteiger partial charge in [0.15, 0.2) is 0 Å². The first kappa shape index (κ1) is 113. The molecule has 35 heteroatoms. The summed E-state index contributed by atoms with van der Waals surface area (Å²) in [6, 6.07) is 76.9. The molecule has 0 spiro atoms. The van der Waals surface area contributed by atoms with Gasteiger partial charge in [-0.2, -0.15) is 15.3 Å². The topological polar surface area (TPSA) is 349 Å². The number of halogens is 3. The maximum absolute atomic E-state index is 12.3. The second-order valence-corrected chi connectivity index (χ2v) is 38.7. The molecule has 3 fully saturated rings. The second kappa shape index (κ2) is 48.7. The molecule has 0 unspecified atom stereocenters. The molecule has 0 atom stereocenters. The molecule has 0 bridgehead atoms. The number of aromatic nitrogens is 6. The SMILES string of the molecule is BrCc1ccc(-n2cccn2)cc1.CC1(C)OB(B2OC(C)(C)C(C)(C)O2)OC1(C)C.COC(=O)c1cc(B2OC(C)(C)C(C)(C)O2)c2ccccc2c1OC.COC(=O)c1cc(Br)c2ccccc2c1OC.COC(=O)c1cc(Cc2ccc(-n3cccn3)cc2)c2ccccc2c1OC.COc1c(C(=O)O)cc(Cc2ccc(-n3cccn3)cc2)c2ccccc12.O=C(O)c1cc(Br)c2ccccc2c1O.[Na+].[OH-]. The molecule has 6 heterocycles. The summed E-state index contributed by atoms with van der Waals surface area (Å²) in [5, 5.41) is 50.4. The van der Waals surface area contributed by atoms with Crippen LogP contribution in [-0.4, -0.2) is 184 Å². The van der Waals surface area contributed by atoms with Crippen molar-refractivity contribution >= 4 is 158 Å². The molecule has 0 radical (unpaired) electrons. The quantitative estimate of drug-likeness (QED) is 0.0293. The molecule has 13 aromatic carbocycles. The van der Waals surface area contributed by atoms with Crippen molar-refractivity contribution in [3.05, 3.63) is 344 Å². The van der Waals surface area contributed by atoms with Crippen LogP contribution in [0.3, 0.4) is 0 Å². The third kappa shape index (κ3) is 25.4. The van der Waals surface area contributed by atoms with Crippen molar-refractivity contribution in [1.29, 1.82) is 0 Å². The smallest absolute Gasteiger partial charge is 0.870 e. The number of fused-ring (bicyclic) bond motifs is 5. The zero-order chi connectivity index (χ0) is 103. The van der Waals surface area contributed by atoms with E-state index in [1.807, 2.05) is 281 Å². The maximum Gasteiger partial charge on any atom is 1.00 e. The Labute approximate surface area is 890 Å². The molecule has 0 aliphatic carbocycles. The fourth-order valence-corrected chi connectivity index (χ4v) is 17.8. The molecule has 3 saturated heterocycles. The molecule has 145 heavy (non-hydrogen) atoms. The molecule has 3 aliphatic rings. The second-order valence-electron chi connectivity index (χ2n) is 36.5. The van der Waals surface area contributed by atoms with Crippen molar-refractivity contribution in [2.24, 2.45) is 0 Å². The van der Waals surface area contributed by atoms with E-state index < -0.39 is 62.2 Å². The van der Waals surface area contributed by atoms with Crippen molar-refractivity contribution < 1.29 is 135 Å². The standard InChI is InChI=1S/C23H20N2O3.C22H18N2O3.C19H23BO5.C13H11BrO3.C12H24B2O4.C11H7BrO3.C10H9BrN2.Na.H2O/c1-27-22-20-7-4-3-6-19(20)17(15-21(22)23(26)28-2)14-16-8-10-18(11-9-16)25-13-5-12-24-25;1-27-21-19-6-3-2-5-18(19)16(14-20(21)22(25)26)13-15-7-9-17(10-8-15)24-12-4-11-23-24;1-18(2)19(3,4)25-20(24-18)15-11-14(17(21)23-6)16(22-5)13-10-8-7-9-12(13)15;1-16-12-9-6-4-3-5-8(9)11(14)7-10(12)13(15)17-2;1-9(2)10(3,4)16-13(15-9)14-17-11(5,6)12(7,8)18-14;12-9-5-8(11(14)15)10(13)7-4-2-1-3-6(7)9;11-8-9-2-4-10(5-3-9)13-7-1-6-12-13;;/h3-13,15H,14H2,1-2H3;2-12,14H,13H2,1H3,(H,25,26);7-11H,1-6H3;3-7H,1-2H3;1-8H3;1-5,13H,(H,14,15);1-7H,8H2;;1H2/q;;;;;;;+1;/p-1. The molecule has 28 nitrogen and oxygen atoms in total. The Morgan fingerprint density at radius 3 is 0.931 bits per heavy atom. The number of benzene rings is 13. The van der Waals surface area contributed by atoms with Gasteiger partial charge in [0.05, 0.1) is 100 Å². The van der Waals surface area contributed by atoms with E-state index in [1.54, 1.807) is 74.9 Å². The minimum Gasteiger partial charge on any atom is -0.870 e. The summed E-state index contributed by atoms with van der Waals surface area (Å²) in [6.45, 7) is 24.2. The number of ether oxygens (including phenoxy) is 7. The van der Waals surface area contributed by atoms with E-state index in [1.165, 1.54) is 40.1 Å². The number of nitrogens with zero attached hydrogens (tertiary/aromatic N) is 6. The summed E-state index contributed by atoms with van der Waals surface area (Å²) >= 11 is 10.1. The van der Waals surface area contributed by atoms with Gasteiger partial charge in [0.1, 0.15) is 56.6 Å². The molecule has 0 amide bonds. The van der Waals surface area contributed by atoms with E-state index in [0.717, 1.165) is 103 Å². The van der Waals surface area contributed by atoms with Gasteiger partial charge in [-0.15, -0.1) is 0 Å². The van der Waals surface area contributed by atoms with Crippen molar-refractivity contribution in [2.45, 2.75) is 135 Å². The molecular formula is C110H113B3Br3N6NaO22. The molecule has 3 aliphatic heterocycles. The van der Waals surface area contributed by atoms with Gasteiger partial charge in [0.2, 0.25) is 0 Å². The fourth-order valence-electron chi connectivity index (χ4n) is 16.3. The van der Waals surface area contributed by atoms with E-state index in [9.17, 15) is 34.2 Å². The van der Waals surface area contributed by atoms with Crippen molar-refractivity contribution in [2.75, 3.05) is 49.8 Å². The largest absolute Gasteiger partial charge is 1.00 e. The minimum atomic E-state index is -1.14. The van der Waals surface area contributed by atoms with Crippen LogP contribution in [-0.2, 0) is 60.3 Å². The van der Waals surface area contributed by atoms with E-state index in [-0.39, 0.29) is 74.3 Å². The van der Waals surface area contributed by atoms with Crippen LogP contribution in [0.4, 0.5) is 0 Å². The van der Waals surface area contributed by atoms with Gasteiger partial charge >= 0.3 is 80.5 Å². The Hall–Kier alpha value is -12.5. The van der Waals surface area contributed by atoms with Crippen molar-refractivity contribution in [3.8, 4) is 45.8 Å². The Bertz CT molecular complexity index is 7160. The number of methoxy groups -OCH3 is 7. The van der Waals surface area contributed by atoms with Crippen LogP contribution < -0.4 is 54.0 Å². The van der Waals surface area contributed by atoms with Crippen LogP contribution in [0.15, 0.2) is 289 Å². The van der Waals surface area contributed by atoms with Gasteiger partial charge in [-0.3, -0.25) is 0 Å². The van der Waals surface area contributed by atoms with Crippen molar-refractivity contribution in [3.63, 3.8) is 0 Å². The number of esters is 3. The number of carbonyl (C=O) groups is 5. The molecular weight excluding hydrogens is 2050 g/mol. The van der Waals surface area contributed by atoms with Crippen LogP contribution in [0.2, 0.25) is 0 Å². The molecule has 0 saturated carbocycles. The zero-order valence-corrected chi connectivity index (χ0v) is 91.1. The summed E-state index contributed by atoms with van der Waals surface area (Å²) in [7, 11) is 8.71. The summed E-state index contributed by atoms with van der Waals surface area (Å²) in [4.78, 5) is 58.8. The predicted octanol–water partition coefficient (Wildman–Crippen LogP) is 19.9. The normalized spacial score (nSPS) is 14.5. The maximum atomic E-state index is 12.3. The van der Waals surface area contributed by atoms with E-state index in [2.05, 4.69) is 99.5 Å². The first-order valence-electron chi connectivity index (χ1n) is 45.7. The molecule has 16 aromatic rings. The molecule has 19 rings (SSSR count). The zero-order valence-electron chi connectivity index (χ0n) is 84.4. The number of aromatic hydroxyl groups is 1. The number of phenols is 1. The van der Waals surface area contributed by atoms with Crippen LogP contribution in [0.1, 0.15) is 163 Å². The Balaban J connectivity index is 0.000000163. The van der Waals surface area contributed by atoms with Crippen LogP contribution in [0, 0.1) is 0 Å². The minimum absolute atomic E-state index is 0. The monoisotopic (exact) mass is 2160 g/mol. The number of carboxylic acids is 2. The number of carbonyl (C=O) groups excluding carboxylic acids is 3.